The minimum Gasteiger partial charge on any atom is -0.325 e. The van der Waals surface area contributed by atoms with Crippen molar-refractivity contribution in [3.63, 3.8) is 0 Å². The van der Waals surface area contributed by atoms with Gasteiger partial charge in [0.25, 0.3) is 0 Å². The number of aromatic nitrogens is 3. The number of rotatable bonds is 4. The summed E-state index contributed by atoms with van der Waals surface area (Å²) in [5.74, 6) is 0.807. The highest BCUT2D eigenvalue weighted by Gasteiger charge is 2.37. The smallest absolute Gasteiger partial charge is 0.240 e. The highest BCUT2D eigenvalue weighted by atomic mass is 32.2. The topological polar surface area (TPSA) is 71.8 Å². The Bertz CT molecular complexity index is 1040. The molecule has 4 rings (SSSR count). The summed E-state index contributed by atoms with van der Waals surface area (Å²) in [5, 5.41) is 11.9. The van der Waals surface area contributed by atoms with Crippen molar-refractivity contribution in [2.45, 2.75) is 50.6 Å². The SMILES string of the molecule is CCc1nnc2n1N[C@H](c1ccc(C)cc1)[C@@H](C(=O)Nc1ccc(C)c(C)c1)S2. The van der Waals surface area contributed by atoms with E-state index in [0.717, 1.165) is 29.1 Å². The van der Waals surface area contributed by atoms with Gasteiger partial charge in [0.2, 0.25) is 11.1 Å². The fourth-order valence-electron chi connectivity index (χ4n) is 3.38. The monoisotopic (exact) mass is 407 g/mol. The van der Waals surface area contributed by atoms with Gasteiger partial charge in [-0.15, -0.1) is 10.2 Å². The summed E-state index contributed by atoms with van der Waals surface area (Å²) in [6.45, 7) is 8.21. The van der Waals surface area contributed by atoms with Crippen LogP contribution in [0, 0.1) is 20.8 Å². The fourth-order valence-corrected chi connectivity index (χ4v) is 4.48. The van der Waals surface area contributed by atoms with E-state index >= 15 is 0 Å². The van der Waals surface area contributed by atoms with E-state index in [2.05, 4.69) is 59.1 Å². The van der Waals surface area contributed by atoms with E-state index in [1.165, 1.54) is 22.9 Å². The van der Waals surface area contributed by atoms with Gasteiger partial charge in [0.05, 0.1) is 6.04 Å². The first-order chi connectivity index (χ1) is 14.0. The number of nitrogens with one attached hydrogen (secondary N) is 2. The Hall–Kier alpha value is -2.80. The average Bonchev–Trinajstić information content (AvgIpc) is 3.12. The molecule has 0 spiro atoms. The second kappa shape index (κ2) is 7.91. The van der Waals surface area contributed by atoms with Crippen LogP contribution in [0.25, 0.3) is 0 Å². The Morgan fingerprint density at radius 1 is 1.10 bits per heavy atom. The van der Waals surface area contributed by atoms with Gasteiger partial charge in [0, 0.05) is 12.1 Å². The third-order valence-corrected chi connectivity index (χ3v) is 6.50. The maximum Gasteiger partial charge on any atom is 0.240 e. The van der Waals surface area contributed by atoms with Crippen molar-refractivity contribution in [2.24, 2.45) is 0 Å². The van der Waals surface area contributed by atoms with Crippen LogP contribution in [0.4, 0.5) is 5.69 Å². The summed E-state index contributed by atoms with van der Waals surface area (Å²) in [4.78, 5) is 13.3. The molecule has 1 amide bonds. The number of fused-ring (bicyclic) bond motifs is 1. The molecule has 150 valence electrons. The van der Waals surface area contributed by atoms with E-state index in [9.17, 15) is 4.79 Å². The van der Waals surface area contributed by atoms with Gasteiger partial charge in [-0.2, -0.15) is 0 Å². The quantitative estimate of drug-likeness (QED) is 0.679. The molecule has 3 aromatic rings. The second-order valence-electron chi connectivity index (χ2n) is 7.43. The molecule has 0 aliphatic carbocycles. The van der Waals surface area contributed by atoms with Gasteiger partial charge in [0.15, 0.2) is 5.82 Å². The number of carbonyl (C=O) groups is 1. The van der Waals surface area contributed by atoms with E-state index in [4.69, 9.17) is 0 Å². The van der Waals surface area contributed by atoms with Crippen molar-refractivity contribution in [3.8, 4) is 0 Å². The predicted molar refractivity (Wildman–Crippen MR) is 117 cm³/mol. The average molecular weight is 408 g/mol. The van der Waals surface area contributed by atoms with Crippen molar-refractivity contribution >= 4 is 23.4 Å². The number of nitrogens with zero attached hydrogens (tertiary/aromatic N) is 3. The molecule has 0 fully saturated rings. The van der Waals surface area contributed by atoms with E-state index < -0.39 is 0 Å². The van der Waals surface area contributed by atoms with Gasteiger partial charge in [0.1, 0.15) is 5.25 Å². The van der Waals surface area contributed by atoms with Crippen LogP contribution >= 0.6 is 11.8 Å². The molecule has 0 unspecified atom stereocenters. The van der Waals surface area contributed by atoms with E-state index in [1.54, 1.807) is 0 Å². The maximum atomic E-state index is 13.3. The summed E-state index contributed by atoms with van der Waals surface area (Å²) < 4.78 is 1.91. The molecule has 6 nitrogen and oxygen atoms in total. The van der Waals surface area contributed by atoms with Crippen LogP contribution in [-0.4, -0.2) is 26.0 Å². The third-order valence-electron chi connectivity index (χ3n) is 5.29. The minimum atomic E-state index is -0.374. The lowest BCUT2D eigenvalue weighted by Crippen LogP contribution is -2.41. The molecule has 1 aliphatic rings. The number of thioether (sulfide) groups is 1. The molecule has 1 aliphatic heterocycles. The number of carbonyl (C=O) groups excluding carboxylic acids is 1. The van der Waals surface area contributed by atoms with Crippen LogP contribution in [0.5, 0.6) is 0 Å². The molecule has 2 atom stereocenters. The molecule has 29 heavy (non-hydrogen) atoms. The van der Waals surface area contributed by atoms with Gasteiger partial charge in [-0.05, 0) is 49.6 Å². The molecule has 2 N–H and O–H groups in total. The first-order valence-corrected chi connectivity index (χ1v) is 10.7. The Labute approximate surface area is 175 Å². The number of aryl methyl sites for hydroxylation is 4. The van der Waals surface area contributed by atoms with Crippen LogP contribution in [0.1, 0.15) is 41.0 Å². The molecular weight excluding hydrogens is 382 g/mol. The zero-order chi connectivity index (χ0) is 20.5. The Kier molecular flexibility index (Phi) is 5.32. The molecule has 2 heterocycles. The van der Waals surface area contributed by atoms with Crippen molar-refractivity contribution in [2.75, 3.05) is 10.7 Å². The van der Waals surface area contributed by atoms with Gasteiger partial charge >= 0.3 is 0 Å². The Morgan fingerprint density at radius 2 is 1.86 bits per heavy atom. The van der Waals surface area contributed by atoms with E-state index in [-0.39, 0.29) is 17.2 Å². The predicted octanol–water partition coefficient (Wildman–Crippen LogP) is 4.16. The van der Waals surface area contributed by atoms with Crippen molar-refractivity contribution in [3.05, 3.63) is 70.5 Å². The highest BCUT2D eigenvalue weighted by molar-refractivity contribution is 8.00. The van der Waals surface area contributed by atoms with E-state index in [1.807, 2.05) is 36.7 Å². The lowest BCUT2D eigenvalue weighted by molar-refractivity contribution is -0.116. The van der Waals surface area contributed by atoms with Gasteiger partial charge in [-0.25, -0.2) is 4.68 Å². The van der Waals surface area contributed by atoms with Crippen LogP contribution in [0.15, 0.2) is 47.6 Å². The first kappa shape index (κ1) is 19.5. The molecule has 0 saturated carbocycles. The maximum absolute atomic E-state index is 13.3. The molecule has 0 radical (unpaired) electrons. The Balaban J connectivity index is 1.66. The first-order valence-electron chi connectivity index (χ1n) is 9.78. The zero-order valence-electron chi connectivity index (χ0n) is 17.1. The molecule has 1 aromatic heterocycles. The number of hydrogen-bond donors (Lipinski definition) is 2. The summed E-state index contributed by atoms with van der Waals surface area (Å²) >= 11 is 1.45. The summed E-state index contributed by atoms with van der Waals surface area (Å²) in [6.07, 6.45) is 0.765. The lowest BCUT2D eigenvalue weighted by Gasteiger charge is -2.33. The van der Waals surface area contributed by atoms with Gasteiger partial charge < -0.3 is 10.7 Å². The van der Waals surface area contributed by atoms with Crippen molar-refractivity contribution in [1.82, 2.24) is 14.9 Å². The van der Waals surface area contributed by atoms with Gasteiger partial charge in [-0.3, -0.25) is 4.79 Å². The van der Waals surface area contributed by atoms with Crippen LogP contribution in [-0.2, 0) is 11.2 Å². The third kappa shape index (κ3) is 3.87. The Morgan fingerprint density at radius 3 is 2.55 bits per heavy atom. The second-order valence-corrected chi connectivity index (χ2v) is 8.54. The highest BCUT2D eigenvalue weighted by Crippen LogP contribution is 2.37. The normalized spacial score (nSPS) is 18.1. The fraction of sp³-hybridized carbons (Fsp3) is 0.318. The summed E-state index contributed by atoms with van der Waals surface area (Å²) in [5.41, 5.74) is 8.89. The van der Waals surface area contributed by atoms with Gasteiger partial charge in [-0.1, -0.05) is 54.6 Å². The standard InChI is InChI=1S/C22H25N5OS/c1-5-18-24-25-22-27(18)26-19(16-9-6-13(2)7-10-16)20(29-22)21(28)23-17-11-8-14(3)15(4)12-17/h6-12,19-20,26H,5H2,1-4H3,(H,23,28)/t19-,20+/m1/s1. The number of benzene rings is 2. The molecule has 0 bridgehead atoms. The number of amides is 1. The molecule has 2 aromatic carbocycles. The van der Waals surface area contributed by atoms with Crippen molar-refractivity contribution < 1.29 is 4.79 Å². The lowest BCUT2D eigenvalue weighted by atomic mass is 10.0. The summed E-state index contributed by atoms with van der Waals surface area (Å²) in [7, 11) is 0. The van der Waals surface area contributed by atoms with E-state index in [0.29, 0.717) is 5.16 Å². The van der Waals surface area contributed by atoms with Crippen LogP contribution in [0.2, 0.25) is 0 Å². The molecule has 0 saturated heterocycles. The van der Waals surface area contributed by atoms with Crippen LogP contribution < -0.4 is 10.7 Å². The zero-order valence-corrected chi connectivity index (χ0v) is 17.9. The number of hydrogen-bond acceptors (Lipinski definition) is 5. The van der Waals surface area contributed by atoms with Crippen LogP contribution in [0.3, 0.4) is 0 Å². The number of anilines is 1. The van der Waals surface area contributed by atoms with Crippen molar-refractivity contribution in [1.29, 1.82) is 0 Å². The summed E-state index contributed by atoms with van der Waals surface area (Å²) in [6, 6.07) is 14.1. The minimum absolute atomic E-state index is 0.0522. The molecular formula is C22H25N5OS. The molecule has 7 heteroatoms. The largest absolute Gasteiger partial charge is 0.325 e.